The normalized spacial score (nSPS) is 23.6. The third-order valence-corrected chi connectivity index (χ3v) is 4.19. The molecule has 0 radical (unpaired) electrons. The van der Waals surface area contributed by atoms with Crippen molar-refractivity contribution in [1.29, 1.82) is 0 Å². The van der Waals surface area contributed by atoms with Gasteiger partial charge in [-0.15, -0.1) is 0 Å². The molecular formula is C15H25N3O. The predicted molar refractivity (Wildman–Crippen MR) is 75.1 cm³/mol. The highest BCUT2D eigenvalue weighted by molar-refractivity contribution is 5.24. The average Bonchev–Trinajstić information content (AvgIpc) is 3.12. The van der Waals surface area contributed by atoms with Crippen molar-refractivity contribution in [1.82, 2.24) is 14.7 Å². The van der Waals surface area contributed by atoms with Gasteiger partial charge in [0, 0.05) is 50.5 Å². The molecule has 0 unspecified atom stereocenters. The first-order chi connectivity index (χ1) is 9.30. The molecule has 1 aliphatic carbocycles. The maximum absolute atomic E-state index is 5.67. The second kappa shape index (κ2) is 5.63. The van der Waals surface area contributed by atoms with Crippen LogP contribution in [0.3, 0.4) is 0 Å². The van der Waals surface area contributed by atoms with E-state index in [0.29, 0.717) is 5.92 Å². The van der Waals surface area contributed by atoms with Gasteiger partial charge in [-0.2, -0.15) is 5.10 Å². The number of nitrogens with zero attached hydrogens (tertiary/aromatic N) is 3. The van der Waals surface area contributed by atoms with Crippen molar-refractivity contribution in [2.24, 2.45) is 5.92 Å². The molecule has 106 valence electrons. The van der Waals surface area contributed by atoms with Crippen LogP contribution < -0.4 is 0 Å². The Bertz CT molecular complexity index is 425. The van der Waals surface area contributed by atoms with E-state index in [1.54, 1.807) is 0 Å². The Morgan fingerprint density at radius 1 is 1.37 bits per heavy atom. The Morgan fingerprint density at radius 3 is 2.89 bits per heavy atom. The monoisotopic (exact) mass is 263 g/mol. The molecule has 1 saturated carbocycles. The Hall–Kier alpha value is -0.870. The number of aryl methyl sites for hydroxylation is 1. The van der Waals surface area contributed by atoms with E-state index in [-0.39, 0.29) is 0 Å². The summed E-state index contributed by atoms with van der Waals surface area (Å²) in [4.78, 5) is 2.60. The van der Waals surface area contributed by atoms with Crippen molar-refractivity contribution >= 4 is 0 Å². The average molecular weight is 263 g/mol. The van der Waals surface area contributed by atoms with Gasteiger partial charge in [-0.3, -0.25) is 9.58 Å². The maximum atomic E-state index is 5.67. The molecule has 0 aromatic carbocycles. The molecule has 0 saturated heterocycles. The smallest absolute Gasteiger partial charge is 0.0736 e. The van der Waals surface area contributed by atoms with Crippen LogP contribution in [0.25, 0.3) is 0 Å². The Balaban J connectivity index is 1.75. The summed E-state index contributed by atoms with van der Waals surface area (Å²) in [6.07, 6.45) is 5.08. The van der Waals surface area contributed by atoms with Crippen LogP contribution in [0.4, 0.5) is 0 Å². The summed E-state index contributed by atoms with van der Waals surface area (Å²) >= 11 is 0. The fourth-order valence-electron chi connectivity index (χ4n) is 3.01. The molecule has 0 spiro atoms. The van der Waals surface area contributed by atoms with E-state index < -0.39 is 0 Å². The molecule has 0 amide bonds. The van der Waals surface area contributed by atoms with Crippen molar-refractivity contribution in [2.75, 3.05) is 26.3 Å². The van der Waals surface area contributed by atoms with Crippen molar-refractivity contribution in [2.45, 2.75) is 45.7 Å². The first-order valence-electron chi connectivity index (χ1n) is 7.66. The van der Waals surface area contributed by atoms with Crippen LogP contribution in [0, 0.1) is 5.92 Å². The van der Waals surface area contributed by atoms with E-state index >= 15 is 0 Å². The molecule has 0 N–H and O–H groups in total. The first-order valence-corrected chi connectivity index (χ1v) is 7.66. The van der Waals surface area contributed by atoms with Crippen molar-refractivity contribution in [3.8, 4) is 0 Å². The van der Waals surface area contributed by atoms with Crippen LogP contribution in [-0.2, 0) is 17.8 Å². The molecule has 3 rings (SSSR count). The molecule has 2 heterocycles. The van der Waals surface area contributed by atoms with Crippen molar-refractivity contribution < 1.29 is 4.74 Å². The molecule has 19 heavy (non-hydrogen) atoms. The van der Waals surface area contributed by atoms with Crippen molar-refractivity contribution in [3.63, 3.8) is 0 Å². The number of hydrogen-bond donors (Lipinski definition) is 0. The third kappa shape index (κ3) is 3.00. The summed E-state index contributed by atoms with van der Waals surface area (Å²) < 4.78 is 7.74. The van der Waals surface area contributed by atoms with Crippen LogP contribution >= 0.6 is 0 Å². The molecule has 1 aromatic rings. The van der Waals surface area contributed by atoms with Crippen LogP contribution in [0.15, 0.2) is 6.20 Å². The quantitative estimate of drug-likeness (QED) is 0.788. The maximum Gasteiger partial charge on any atom is 0.0736 e. The van der Waals surface area contributed by atoms with Gasteiger partial charge in [0.25, 0.3) is 0 Å². The van der Waals surface area contributed by atoms with Gasteiger partial charge >= 0.3 is 0 Å². The number of hydrogen-bond acceptors (Lipinski definition) is 3. The topological polar surface area (TPSA) is 30.3 Å². The number of rotatable bonds is 6. The third-order valence-electron chi connectivity index (χ3n) is 4.19. The summed E-state index contributed by atoms with van der Waals surface area (Å²) in [6, 6.07) is 0. The van der Waals surface area contributed by atoms with E-state index in [4.69, 9.17) is 9.84 Å². The molecule has 2 aliphatic rings. The minimum absolute atomic E-state index is 0.454. The minimum Gasteiger partial charge on any atom is -0.381 e. The molecule has 1 aromatic heterocycles. The lowest BCUT2D eigenvalue weighted by Crippen LogP contribution is -2.36. The SMILES string of the molecule is CCOC[C@@H]1CN(CC2CC2)Cc2cn(CC)nc21. The molecule has 4 nitrogen and oxygen atoms in total. The van der Waals surface area contributed by atoms with E-state index in [0.717, 1.165) is 38.8 Å². The molecule has 4 heteroatoms. The lowest BCUT2D eigenvalue weighted by molar-refractivity contribution is 0.104. The van der Waals surface area contributed by atoms with Crippen LogP contribution in [0.2, 0.25) is 0 Å². The summed E-state index contributed by atoms with van der Waals surface area (Å²) in [7, 11) is 0. The van der Waals surface area contributed by atoms with Gasteiger partial charge in [-0.25, -0.2) is 0 Å². The largest absolute Gasteiger partial charge is 0.381 e. The second-order valence-electron chi connectivity index (χ2n) is 5.89. The Kier molecular flexibility index (Phi) is 3.89. The van der Waals surface area contributed by atoms with Gasteiger partial charge in [0.1, 0.15) is 0 Å². The summed E-state index contributed by atoms with van der Waals surface area (Å²) in [6.45, 7) is 10.2. The van der Waals surface area contributed by atoms with Crippen LogP contribution in [0.5, 0.6) is 0 Å². The highest BCUT2D eigenvalue weighted by Crippen LogP contribution is 2.34. The molecule has 1 atom stereocenters. The van der Waals surface area contributed by atoms with E-state index in [2.05, 4.69) is 29.6 Å². The zero-order valence-electron chi connectivity index (χ0n) is 12.1. The summed E-state index contributed by atoms with van der Waals surface area (Å²) in [5.41, 5.74) is 2.70. The summed E-state index contributed by atoms with van der Waals surface area (Å²) in [5, 5.41) is 4.74. The predicted octanol–water partition coefficient (Wildman–Crippen LogP) is 2.25. The Labute approximate surface area is 115 Å². The number of ether oxygens (including phenoxy) is 1. The lowest BCUT2D eigenvalue weighted by atomic mass is 9.97. The molecular weight excluding hydrogens is 238 g/mol. The summed E-state index contributed by atoms with van der Waals surface area (Å²) in [5.74, 6) is 1.41. The minimum atomic E-state index is 0.454. The van der Waals surface area contributed by atoms with E-state index in [1.807, 2.05) is 0 Å². The van der Waals surface area contributed by atoms with Gasteiger partial charge in [0.05, 0.1) is 12.3 Å². The zero-order valence-corrected chi connectivity index (χ0v) is 12.1. The number of aromatic nitrogens is 2. The standard InChI is InChI=1S/C15H25N3O/c1-3-18-10-13-8-17(7-12-5-6-12)9-14(11-19-4-2)15(13)16-18/h10,12,14H,3-9,11H2,1-2H3/t14-/m0/s1. The molecule has 1 aliphatic heterocycles. The van der Waals surface area contributed by atoms with Crippen LogP contribution in [-0.4, -0.2) is 41.0 Å². The first kappa shape index (κ1) is 13.1. The van der Waals surface area contributed by atoms with E-state index in [1.165, 1.54) is 30.6 Å². The van der Waals surface area contributed by atoms with Crippen molar-refractivity contribution in [3.05, 3.63) is 17.5 Å². The van der Waals surface area contributed by atoms with Gasteiger partial charge in [-0.1, -0.05) is 0 Å². The van der Waals surface area contributed by atoms with Gasteiger partial charge in [-0.05, 0) is 32.6 Å². The number of fused-ring (bicyclic) bond motifs is 1. The Morgan fingerprint density at radius 2 is 2.21 bits per heavy atom. The van der Waals surface area contributed by atoms with Gasteiger partial charge < -0.3 is 4.74 Å². The highest BCUT2D eigenvalue weighted by atomic mass is 16.5. The van der Waals surface area contributed by atoms with Crippen LogP contribution in [0.1, 0.15) is 43.9 Å². The second-order valence-corrected chi connectivity index (χ2v) is 5.89. The van der Waals surface area contributed by atoms with Gasteiger partial charge in [0.15, 0.2) is 0 Å². The lowest BCUT2D eigenvalue weighted by Gasteiger charge is -2.31. The fraction of sp³-hybridized carbons (Fsp3) is 0.800. The fourth-order valence-corrected chi connectivity index (χ4v) is 3.01. The highest BCUT2D eigenvalue weighted by Gasteiger charge is 2.32. The van der Waals surface area contributed by atoms with E-state index in [9.17, 15) is 0 Å². The zero-order chi connectivity index (χ0) is 13.2. The molecule has 0 bridgehead atoms. The molecule has 1 fully saturated rings. The van der Waals surface area contributed by atoms with Gasteiger partial charge in [0.2, 0.25) is 0 Å².